The highest BCUT2D eigenvalue weighted by molar-refractivity contribution is 7.12. The Morgan fingerprint density at radius 2 is 2.03 bits per heavy atom. The van der Waals surface area contributed by atoms with Crippen LogP contribution in [0.1, 0.15) is 46.5 Å². The minimum Gasteiger partial charge on any atom is -0.350 e. The number of amides is 3. The lowest BCUT2D eigenvalue weighted by Crippen LogP contribution is -2.53. The van der Waals surface area contributed by atoms with Gasteiger partial charge in [0, 0.05) is 44.5 Å². The van der Waals surface area contributed by atoms with Crippen LogP contribution in [-0.4, -0.2) is 57.7 Å². The molecule has 0 spiro atoms. The summed E-state index contributed by atoms with van der Waals surface area (Å²) >= 11 is 1.47. The van der Waals surface area contributed by atoms with Gasteiger partial charge in [0.2, 0.25) is 11.8 Å². The Morgan fingerprint density at radius 1 is 1.23 bits per heavy atom. The standard InChI is InChI=1S/C22H26N4O3S/c1-15-8-12-30-20(15)22(29)25-10-6-17(7-11-25)26-18(4-5-19(26)27)21(28)24-14-16-3-2-9-23-13-16/h2-3,8-9,12-13,17-18H,4-7,10-11,14H2,1H3,(H,24,28). The fourth-order valence-corrected chi connectivity index (χ4v) is 5.20. The van der Waals surface area contributed by atoms with Crippen LogP contribution in [0.5, 0.6) is 0 Å². The summed E-state index contributed by atoms with van der Waals surface area (Å²) in [5.74, 6) is -0.00714. The molecule has 4 rings (SSSR count). The molecule has 0 bridgehead atoms. The fourth-order valence-electron chi connectivity index (χ4n) is 4.31. The highest BCUT2D eigenvalue weighted by Crippen LogP contribution is 2.28. The SMILES string of the molecule is Cc1ccsc1C(=O)N1CCC(N2C(=O)CCC2C(=O)NCc2cccnc2)CC1. The predicted molar refractivity (Wildman–Crippen MR) is 114 cm³/mol. The van der Waals surface area contributed by atoms with Gasteiger partial charge in [0.25, 0.3) is 5.91 Å². The second kappa shape index (κ2) is 8.95. The van der Waals surface area contributed by atoms with Crippen molar-refractivity contribution in [3.8, 4) is 0 Å². The Balaban J connectivity index is 1.35. The lowest BCUT2D eigenvalue weighted by molar-refractivity contribution is -0.138. The van der Waals surface area contributed by atoms with E-state index >= 15 is 0 Å². The van der Waals surface area contributed by atoms with E-state index in [4.69, 9.17) is 0 Å². The van der Waals surface area contributed by atoms with Gasteiger partial charge in [-0.1, -0.05) is 6.07 Å². The molecule has 0 saturated carbocycles. The van der Waals surface area contributed by atoms with E-state index in [0.717, 1.165) is 16.0 Å². The molecule has 2 aromatic heterocycles. The van der Waals surface area contributed by atoms with Crippen LogP contribution in [0.15, 0.2) is 36.0 Å². The van der Waals surface area contributed by atoms with E-state index < -0.39 is 6.04 Å². The van der Waals surface area contributed by atoms with Crippen molar-refractivity contribution >= 4 is 29.1 Å². The van der Waals surface area contributed by atoms with E-state index in [9.17, 15) is 14.4 Å². The number of carbonyl (C=O) groups is 3. The molecule has 0 radical (unpaired) electrons. The Morgan fingerprint density at radius 3 is 2.70 bits per heavy atom. The number of aryl methyl sites for hydroxylation is 1. The molecular weight excluding hydrogens is 400 g/mol. The second-order valence-corrected chi connectivity index (χ2v) is 8.81. The summed E-state index contributed by atoms with van der Waals surface area (Å²) in [6.07, 6.45) is 5.77. The van der Waals surface area contributed by atoms with Gasteiger partial charge in [0.1, 0.15) is 6.04 Å². The van der Waals surface area contributed by atoms with Gasteiger partial charge >= 0.3 is 0 Å². The largest absolute Gasteiger partial charge is 0.350 e. The van der Waals surface area contributed by atoms with Crippen LogP contribution in [0, 0.1) is 6.92 Å². The van der Waals surface area contributed by atoms with Crippen LogP contribution in [0.2, 0.25) is 0 Å². The molecule has 7 nitrogen and oxygen atoms in total. The van der Waals surface area contributed by atoms with Gasteiger partial charge in [0.05, 0.1) is 4.88 Å². The van der Waals surface area contributed by atoms with Gasteiger partial charge in [-0.05, 0) is 54.8 Å². The molecule has 2 saturated heterocycles. The molecular formula is C22H26N4O3S. The highest BCUT2D eigenvalue weighted by atomic mass is 32.1. The highest BCUT2D eigenvalue weighted by Gasteiger charge is 2.41. The number of nitrogens with zero attached hydrogens (tertiary/aromatic N) is 3. The first-order valence-electron chi connectivity index (χ1n) is 10.4. The van der Waals surface area contributed by atoms with Crippen LogP contribution in [0.4, 0.5) is 0 Å². The summed E-state index contributed by atoms with van der Waals surface area (Å²) in [6, 6.07) is 5.28. The zero-order chi connectivity index (χ0) is 21.1. The maximum Gasteiger partial charge on any atom is 0.264 e. The first kappa shape index (κ1) is 20.5. The normalized spacial score (nSPS) is 19.9. The maximum absolute atomic E-state index is 12.8. The molecule has 1 unspecified atom stereocenters. The second-order valence-electron chi connectivity index (χ2n) is 7.89. The van der Waals surface area contributed by atoms with Crippen molar-refractivity contribution in [2.75, 3.05) is 13.1 Å². The van der Waals surface area contributed by atoms with Crippen molar-refractivity contribution in [3.63, 3.8) is 0 Å². The average Bonchev–Trinajstić information content (AvgIpc) is 3.38. The Hall–Kier alpha value is -2.74. The summed E-state index contributed by atoms with van der Waals surface area (Å²) in [7, 11) is 0. The third kappa shape index (κ3) is 4.23. The van der Waals surface area contributed by atoms with Crippen LogP contribution >= 0.6 is 11.3 Å². The molecule has 2 aliphatic heterocycles. The average molecular weight is 427 g/mol. The quantitative estimate of drug-likeness (QED) is 0.796. The number of rotatable bonds is 5. The van der Waals surface area contributed by atoms with Crippen molar-refractivity contribution in [2.45, 2.75) is 51.2 Å². The zero-order valence-electron chi connectivity index (χ0n) is 17.0. The summed E-state index contributed by atoms with van der Waals surface area (Å²) < 4.78 is 0. The van der Waals surface area contributed by atoms with E-state index in [0.29, 0.717) is 45.3 Å². The topological polar surface area (TPSA) is 82.6 Å². The molecule has 3 amide bonds. The van der Waals surface area contributed by atoms with Crippen molar-refractivity contribution in [1.29, 1.82) is 0 Å². The van der Waals surface area contributed by atoms with E-state index in [1.807, 2.05) is 35.4 Å². The number of nitrogens with one attached hydrogen (secondary N) is 1. The molecule has 8 heteroatoms. The number of likely N-dealkylation sites (tertiary alicyclic amines) is 2. The number of aromatic nitrogens is 1. The Labute approximate surface area is 180 Å². The van der Waals surface area contributed by atoms with Gasteiger partial charge in [0.15, 0.2) is 0 Å². The third-order valence-corrected chi connectivity index (χ3v) is 6.95. The van der Waals surface area contributed by atoms with Crippen molar-refractivity contribution in [1.82, 2.24) is 20.1 Å². The van der Waals surface area contributed by atoms with Crippen molar-refractivity contribution < 1.29 is 14.4 Å². The Bertz CT molecular complexity index is 921. The molecule has 158 valence electrons. The molecule has 2 fully saturated rings. The van der Waals surface area contributed by atoms with Crippen LogP contribution in [0.25, 0.3) is 0 Å². The monoisotopic (exact) mass is 426 g/mol. The number of thiophene rings is 1. The van der Waals surface area contributed by atoms with Gasteiger partial charge in [-0.25, -0.2) is 0 Å². The maximum atomic E-state index is 12.8. The minimum atomic E-state index is -0.430. The lowest BCUT2D eigenvalue weighted by Gasteiger charge is -2.39. The fraction of sp³-hybridized carbons (Fsp3) is 0.455. The molecule has 1 atom stereocenters. The number of piperidine rings is 1. The number of hydrogen-bond donors (Lipinski definition) is 1. The molecule has 2 aromatic rings. The summed E-state index contributed by atoms with van der Waals surface area (Å²) in [5, 5.41) is 4.88. The smallest absolute Gasteiger partial charge is 0.264 e. The molecule has 2 aliphatic rings. The summed E-state index contributed by atoms with van der Waals surface area (Å²) in [6.45, 7) is 3.57. The van der Waals surface area contributed by atoms with E-state index in [1.54, 1.807) is 17.3 Å². The van der Waals surface area contributed by atoms with Crippen LogP contribution in [-0.2, 0) is 16.1 Å². The molecule has 30 heavy (non-hydrogen) atoms. The molecule has 1 N–H and O–H groups in total. The summed E-state index contributed by atoms with van der Waals surface area (Å²) in [4.78, 5) is 46.6. The zero-order valence-corrected chi connectivity index (χ0v) is 17.9. The molecule has 0 aromatic carbocycles. The number of pyridine rings is 1. The number of carbonyl (C=O) groups excluding carboxylic acids is 3. The van der Waals surface area contributed by atoms with E-state index in [1.165, 1.54) is 11.3 Å². The van der Waals surface area contributed by atoms with E-state index in [2.05, 4.69) is 10.3 Å². The number of hydrogen-bond acceptors (Lipinski definition) is 5. The lowest BCUT2D eigenvalue weighted by atomic mass is 10.0. The first-order valence-corrected chi connectivity index (χ1v) is 11.2. The summed E-state index contributed by atoms with van der Waals surface area (Å²) in [5.41, 5.74) is 1.93. The minimum absolute atomic E-state index is 0.00243. The van der Waals surface area contributed by atoms with Crippen LogP contribution < -0.4 is 5.32 Å². The van der Waals surface area contributed by atoms with Crippen molar-refractivity contribution in [2.24, 2.45) is 0 Å². The molecule has 4 heterocycles. The van der Waals surface area contributed by atoms with Gasteiger partial charge < -0.3 is 15.1 Å². The third-order valence-electron chi connectivity index (χ3n) is 5.95. The van der Waals surface area contributed by atoms with Crippen molar-refractivity contribution in [3.05, 3.63) is 52.0 Å². The van der Waals surface area contributed by atoms with Crippen LogP contribution in [0.3, 0.4) is 0 Å². The molecule has 0 aliphatic carbocycles. The van der Waals surface area contributed by atoms with Gasteiger partial charge in [-0.3, -0.25) is 19.4 Å². The van der Waals surface area contributed by atoms with E-state index in [-0.39, 0.29) is 23.8 Å². The Kier molecular flexibility index (Phi) is 6.13. The first-order chi connectivity index (χ1) is 14.5. The predicted octanol–water partition coefficient (Wildman–Crippen LogP) is 2.36. The van der Waals surface area contributed by atoms with Gasteiger partial charge in [-0.15, -0.1) is 11.3 Å². The van der Waals surface area contributed by atoms with Gasteiger partial charge in [-0.2, -0.15) is 0 Å².